The summed E-state index contributed by atoms with van der Waals surface area (Å²) in [5.41, 5.74) is -0.602. The van der Waals surface area contributed by atoms with Crippen molar-refractivity contribution in [1.29, 1.82) is 0 Å². The van der Waals surface area contributed by atoms with Crippen LogP contribution in [0.4, 0.5) is 13.2 Å². The highest BCUT2D eigenvalue weighted by atomic mass is 127. The van der Waals surface area contributed by atoms with E-state index in [1.807, 2.05) is 0 Å². The van der Waals surface area contributed by atoms with Gasteiger partial charge in [-0.15, -0.1) is 24.0 Å². The van der Waals surface area contributed by atoms with Gasteiger partial charge in [-0.3, -0.25) is 9.79 Å². The first-order valence-corrected chi connectivity index (χ1v) is 9.36. The molecule has 0 aromatic heterocycles. The molecule has 0 bridgehead atoms. The van der Waals surface area contributed by atoms with E-state index in [1.54, 1.807) is 7.05 Å². The van der Waals surface area contributed by atoms with E-state index in [0.717, 1.165) is 50.1 Å². The van der Waals surface area contributed by atoms with Crippen molar-refractivity contribution in [2.45, 2.75) is 32.4 Å². The normalized spacial score (nSPS) is 11.6. The Morgan fingerprint density at radius 1 is 1.00 bits per heavy atom. The molecule has 1 aromatic rings. The van der Waals surface area contributed by atoms with Crippen molar-refractivity contribution in [1.82, 2.24) is 16.0 Å². The fraction of sp³-hybridized carbons (Fsp3) is 0.579. The van der Waals surface area contributed by atoms with Crippen LogP contribution in [0.2, 0.25) is 0 Å². The Morgan fingerprint density at radius 3 is 2.17 bits per heavy atom. The number of benzene rings is 1. The number of ether oxygens (including phenoxy) is 1. The highest BCUT2D eigenvalue weighted by molar-refractivity contribution is 14.0. The first kappa shape index (κ1) is 27.4. The van der Waals surface area contributed by atoms with Gasteiger partial charge in [0, 0.05) is 45.5 Å². The number of guanidine groups is 1. The minimum absolute atomic E-state index is 0. The number of alkyl halides is 3. The Morgan fingerprint density at radius 2 is 1.59 bits per heavy atom. The number of hydrogen-bond donors (Lipinski definition) is 3. The van der Waals surface area contributed by atoms with E-state index in [0.29, 0.717) is 32.2 Å². The molecule has 0 unspecified atom stereocenters. The molecule has 0 aliphatic carbocycles. The van der Waals surface area contributed by atoms with Gasteiger partial charge in [0.25, 0.3) is 5.91 Å². The minimum atomic E-state index is -4.41. The molecule has 1 rings (SSSR count). The number of nitrogens with one attached hydrogen (secondary N) is 3. The molecule has 0 saturated carbocycles. The minimum Gasteiger partial charge on any atom is -0.381 e. The van der Waals surface area contributed by atoms with Gasteiger partial charge in [-0.2, -0.15) is 13.2 Å². The van der Waals surface area contributed by atoms with E-state index in [9.17, 15) is 18.0 Å². The molecule has 6 nitrogen and oxygen atoms in total. The van der Waals surface area contributed by atoms with Crippen LogP contribution in [0.5, 0.6) is 0 Å². The van der Waals surface area contributed by atoms with Crippen LogP contribution in [0.3, 0.4) is 0 Å². The molecule has 29 heavy (non-hydrogen) atoms. The molecule has 0 radical (unpaired) electrons. The molecule has 0 aliphatic rings. The topological polar surface area (TPSA) is 74.8 Å². The standard InChI is InChI=1S/C19H29F3N4O2.HI/c1-3-4-13-28-14-5-10-25-18(23-2)26-12-11-24-17(27)15-6-8-16(9-7-15)19(20,21)22;/h6-9H,3-5,10-14H2,1-2H3,(H,24,27)(H2,23,25,26);1H. The van der Waals surface area contributed by atoms with E-state index in [1.165, 1.54) is 0 Å². The lowest BCUT2D eigenvalue weighted by Crippen LogP contribution is -2.42. The first-order valence-electron chi connectivity index (χ1n) is 9.36. The summed E-state index contributed by atoms with van der Waals surface area (Å²) in [6.07, 6.45) is -1.38. The second kappa shape index (κ2) is 15.3. The summed E-state index contributed by atoms with van der Waals surface area (Å²) in [6.45, 7) is 5.03. The predicted molar refractivity (Wildman–Crippen MR) is 119 cm³/mol. The summed E-state index contributed by atoms with van der Waals surface area (Å²) in [4.78, 5) is 16.0. The zero-order valence-electron chi connectivity index (χ0n) is 16.8. The Labute approximate surface area is 187 Å². The lowest BCUT2D eigenvalue weighted by atomic mass is 10.1. The average molecular weight is 530 g/mol. The van der Waals surface area contributed by atoms with Crippen molar-refractivity contribution in [3.63, 3.8) is 0 Å². The highest BCUT2D eigenvalue weighted by Crippen LogP contribution is 2.28. The van der Waals surface area contributed by atoms with Crippen LogP contribution in [-0.4, -0.2) is 51.8 Å². The van der Waals surface area contributed by atoms with Gasteiger partial charge in [0.1, 0.15) is 0 Å². The van der Waals surface area contributed by atoms with E-state index in [-0.39, 0.29) is 29.5 Å². The molecule has 166 valence electrons. The Hall–Kier alpha value is -1.56. The summed E-state index contributed by atoms with van der Waals surface area (Å²) in [5.74, 6) is 0.181. The van der Waals surface area contributed by atoms with Gasteiger partial charge < -0.3 is 20.7 Å². The monoisotopic (exact) mass is 530 g/mol. The highest BCUT2D eigenvalue weighted by Gasteiger charge is 2.30. The molecule has 1 aromatic carbocycles. The summed E-state index contributed by atoms with van der Waals surface area (Å²) in [7, 11) is 1.65. The van der Waals surface area contributed by atoms with Crippen molar-refractivity contribution >= 4 is 35.8 Å². The molecular formula is C19H30F3IN4O2. The van der Waals surface area contributed by atoms with Crippen LogP contribution < -0.4 is 16.0 Å². The third kappa shape index (κ3) is 11.9. The predicted octanol–water partition coefficient (Wildman–Crippen LogP) is 3.43. The summed E-state index contributed by atoms with van der Waals surface area (Å²) in [5, 5.41) is 8.84. The molecule has 3 N–H and O–H groups in total. The number of rotatable bonds is 11. The van der Waals surface area contributed by atoms with Crippen LogP contribution >= 0.6 is 24.0 Å². The number of amides is 1. The zero-order valence-corrected chi connectivity index (χ0v) is 19.1. The second-order valence-electron chi connectivity index (χ2n) is 6.08. The van der Waals surface area contributed by atoms with E-state index in [4.69, 9.17) is 4.74 Å². The Kier molecular flexibility index (Phi) is 14.5. The molecule has 0 atom stereocenters. The number of carbonyl (C=O) groups is 1. The molecule has 0 saturated heterocycles. The molecule has 0 aliphatic heterocycles. The smallest absolute Gasteiger partial charge is 0.381 e. The Bertz CT molecular complexity index is 610. The van der Waals surface area contributed by atoms with Crippen LogP contribution in [0.15, 0.2) is 29.3 Å². The SMILES string of the molecule is CCCCOCCCNC(=NC)NCCNC(=O)c1ccc(C(F)(F)F)cc1.I. The summed E-state index contributed by atoms with van der Waals surface area (Å²) >= 11 is 0. The molecule has 10 heteroatoms. The largest absolute Gasteiger partial charge is 0.416 e. The maximum absolute atomic E-state index is 12.5. The fourth-order valence-corrected chi connectivity index (χ4v) is 2.22. The quantitative estimate of drug-likeness (QED) is 0.178. The first-order chi connectivity index (χ1) is 13.4. The van der Waals surface area contributed by atoms with Gasteiger partial charge in [0.05, 0.1) is 5.56 Å². The van der Waals surface area contributed by atoms with Gasteiger partial charge in [0.15, 0.2) is 5.96 Å². The number of carbonyl (C=O) groups excluding carboxylic acids is 1. The lowest BCUT2D eigenvalue weighted by molar-refractivity contribution is -0.137. The van der Waals surface area contributed by atoms with Gasteiger partial charge in [-0.1, -0.05) is 13.3 Å². The number of aliphatic imine (C=N–C) groups is 1. The average Bonchev–Trinajstić information content (AvgIpc) is 2.68. The van der Waals surface area contributed by atoms with E-state index < -0.39 is 17.6 Å². The third-order valence-corrected chi connectivity index (χ3v) is 3.80. The molecule has 0 spiro atoms. The van der Waals surface area contributed by atoms with Crippen LogP contribution in [0.25, 0.3) is 0 Å². The van der Waals surface area contributed by atoms with Crippen LogP contribution in [0, 0.1) is 0 Å². The van der Waals surface area contributed by atoms with Crippen molar-refractivity contribution in [3.05, 3.63) is 35.4 Å². The number of hydrogen-bond acceptors (Lipinski definition) is 3. The molecule has 0 fully saturated rings. The van der Waals surface area contributed by atoms with E-state index in [2.05, 4.69) is 27.9 Å². The summed E-state index contributed by atoms with van der Waals surface area (Å²) in [6, 6.07) is 4.11. The molecular weight excluding hydrogens is 500 g/mol. The molecule has 1 amide bonds. The van der Waals surface area contributed by atoms with Crippen molar-refractivity contribution < 1.29 is 22.7 Å². The van der Waals surface area contributed by atoms with Gasteiger partial charge in [-0.25, -0.2) is 0 Å². The van der Waals surface area contributed by atoms with Crippen molar-refractivity contribution in [3.8, 4) is 0 Å². The van der Waals surface area contributed by atoms with Gasteiger partial charge in [0.2, 0.25) is 0 Å². The van der Waals surface area contributed by atoms with E-state index >= 15 is 0 Å². The maximum atomic E-state index is 12.5. The molecule has 0 heterocycles. The van der Waals surface area contributed by atoms with Crippen LogP contribution in [0.1, 0.15) is 42.1 Å². The van der Waals surface area contributed by atoms with Crippen molar-refractivity contribution in [2.24, 2.45) is 4.99 Å². The van der Waals surface area contributed by atoms with Gasteiger partial charge >= 0.3 is 6.18 Å². The fourth-order valence-electron chi connectivity index (χ4n) is 2.22. The van der Waals surface area contributed by atoms with Crippen LogP contribution in [-0.2, 0) is 10.9 Å². The zero-order chi connectivity index (χ0) is 20.8. The van der Waals surface area contributed by atoms with Gasteiger partial charge in [-0.05, 0) is 37.1 Å². The lowest BCUT2D eigenvalue weighted by Gasteiger charge is -2.12. The number of halogens is 4. The summed E-state index contributed by atoms with van der Waals surface area (Å²) < 4.78 is 43.1. The number of nitrogens with zero attached hydrogens (tertiary/aromatic N) is 1. The Balaban J connectivity index is 0.00000784. The maximum Gasteiger partial charge on any atom is 0.416 e. The van der Waals surface area contributed by atoms with Crippen molar-refractivity contribution in [2.75, 3.05) is 39.9 Å². The second-order valence-corrected chi connectivity index (χ2v) is 6.08. The third-order valence-electron chi connectivity index (χ3n) is 3.80. The number of unbranched alkanes of at least 4 members (excludes halogenated alkanes) is 1.